The van der Waals surface area contributed by atoms with Crippen LogP contribution in [0, 0.1) is 5.82 Å². The van der Waals surface area contributed by atoms with E-state index in [-0.39, 0.29) is 11.8 Å². The Balaban J connectivity index is 2.00. The van der Waals surface area contributed by atoms with Crippen LogP contribution in [0.5, 0.6) is 0 Å². The van der Waals surface area contributed by atoms with Crippen LogP contribution in [0.1, 0.15) is 19.4 Å². The van der Waals surface area contributed by atoms with E-state index in [9.17, 15) is 9.18 Å². The van der Waals surface area contributed by atoms with Crippen molar-refractivity contribution in [3.05, 3.63) is 41.3 Å². The lowest BCUT2D eigenvalue weighted by Crippen LogP contribution is -2.28. The first kappa shape index (κ1) is 12.4. The van der Waals surface area contributed by atoms with E-state index in [1.165, 1.54) is 17.1 Å². The van der Waals surface area contributed by atoms with Gasteiger partial charge in [0.25, 0.3) is 11.9 Å². The molecule has 0 spiro atoms. The summed E-state index contributed by atoms with van der Waals surface area (Å²) in [7, 11) is 0. The highest BCUT2D eigenvalue weighted by Crippen LogP contribution is 2.23. The third kappa shape index (κ3) is 2.05. The van der Waals surface area contributed by atoms with Gasteiger partial charge in [0.05, 0.1) is 11.4 Å². The zero-order valence-corrected chi connectivity index (χ0v) is 11.0. The van der Waals surface area contributed by atoms with Gasteiger partial charge < -0.3 is 0 Å². The highest BCUT2D eigenvalue weighted by atomic mass is 19.1. The molecule has 0 unspecified atom stereocenters. The molecule has 3 rings (SSSR count). The van der Waals surface area contributed by atoms with Gasteiger partial charge in [-0.25, -0.2) is 9.38 Å². The highest BCUT2D eigenvalue weighted by molar-refractivity contribution is 6.43. The van der Waals surface area contributed by atoms with Crippen molar-refractivity contribution in [1.29, 1.82) is 0 Å². The molecule has 0 atom stereocenters. The van der Waals surface area contributed by atoms with Gasteiger partial charge in [-0.1, -0.05) is 12.1 Å². The molecule has 0 N–H and O–H groups in total. The molecule has 5 nitrogen and oxygen atoms in total. The molecule has 100 valence electrons. The number of nitrogens with zero attached hydrogens (tertiary/aromatic N) is 4. The van der Waals surface area contributed by atoms with Crippen molar-refractivity contribution in [2.75, 3.05) is 0 Å². The van der Waals surface area contributed by atoms with Crippen molar-refractivity contribution >= 4 is 29.4 Å². The second-order valence-electron chi connectivity index (χ2n) is 4.49. The highest BCUT2D eigenvalue weighted by Gasteiger charge is 2.32. The lowest BCUT2D eigenvalue weighted by atomic mass is 10.2. The minimum Gasteiger partial charge on any atom is -0.265 e. The molecule has 1 aromatic carbocycles. The van der Waals surface area contributed by atoms with Gasteiger partial charge in [-0.2, -0.15) is 15.1 Å². The van der Waals surface area contributed by atoms with Crippen LogP contribution < -0.4 is 0 Å². The Labute approximate surface area is 114 Å². The summed E-state index contributed by atoms with van der Waals surface area (Å²) < 4.78 is 12.9. The molecule has 20 heavy (non-hydrogen) atoms. The summed E-state index contributed by atoms with van der Waals surface area (Å²) in [6.07, 6.45) is 1.62. The maximum atomic E-state index is 12.9. The number of aliphatic imine (C=N–C) groups is 2. The molecule has 0 saturated heterocycles. The summed E-state index contributed by atoms with van der Waals surface area (Å²) in [6, 6.07) is 5.84. The van der Waals surface area contributed by atoms with Crippen LogP contribution in [0.2, 0.25) is 0 Å². The summed E-state index contributed by atoms with van der Waals surface area (Å²) in [6.45, 7) is 3.62. The van der Waals surface area contributed by atoms with Crippen LogP contribution in [0.15, 0.2) is 45.0 Å². The van der Waals surface area contributed by atoms with Gasteiger partial charge in [0, 0.05) is 0 Å². The van der Waals surface area contributed by atoms with E-state index < -0.39 is 5.91 Å². The minimum absolute atomic E-state index is 0.270. The molecule has 0 aliphatic carbocycles. The van der Waals surface area contributed by atoms with Gasteiger partial charge in [0.1, 0.15) is 11.5 Å². The first-order valence-electron chi connectivity index (χ1n) is 6.06. The van der Waals surface area contributed by atoms with Crippen molar-refractivity contribution in [2.24, 2.45) is 15.1 Å². The van der Waals surface area contributed by atoms with Crippen LogP contribution in [-0.4, -0.2) is 28.3 Å². The predicted octanol–water partition coefficient (Wildman–Crippen LogP) is 2.22. The van der Waals surface area contributed by atoms with Gasteiger partial charge >= 0.3 is 0 Å². The number of carbonyl (C=O) groups is 1. The molecule has 0 radical (unpaired) electrons. The Hall–Kier alpha value is -2.63. The number of halogens is 1. The molecule has 2 aliphatic heterocycles. The van der Waals surface area contributed by atoms with E-state index in [0.717, 1.165) is 11.4 Å². The zero-order chi connectivity index (χ0) is 14.3. The molecular weight excluding hydrogens is 259 g/mol. The molecule has 0 bridgehead atoms. The second-order valence-corrected chi connectivity index (χ2v) is 4.49. The lowest BCUT2D eigenvalue weighted by Gasteiger charge is -2.18. The van der Waals surface area contributed by atoms with E-state index in [2.05, 4.69) is 15.1 Å². The largest absolute Gasteiger partial charge is 0.299 e. The summed E-state index contributed by atoms with van der Waals surface area (Å²) in [5.74, 6) is -0.459. The molecule has 0 fully saturated rings. The summed E-state index contributed by atoms with van der Waals surface area (Å²) >= 11 is 0. The summed E-state index contributed by atoms with van der Waals surface area (Å²) in [5.41, 5.74) is 2.46. The third-order valence-electron chi connectivity index (χ3n) is 3.05. The third-order valence-corrected chi connectivity index (χ3v) is 3.05. The van der Waals surface area contributed by atoms with Crippen LogP contribution in [0.25, 0.3) is 6.08 Å². The van der Waals surface area contributed by atoms with Gasteiger partial charge in [-0.3, -0.25) is 4.79 Å². The van der Waals surface area contributed by atoms with E-state index in [1.54, 1.807) is 18.2 Å². The number of guanidine groups is 1. The average Bonchev–Trinajstić information content (AvgIpc) is 2.69. The summed E-state index contributed by atoms with van der Waals surface area (Å²) in [5, 5.41) is 5.71. The Morgan fingerprint density at radius 2 is 1.80 bits per heavy atom. The van der Waals surface area contributed by atoms with Crippen LogP contribution in [-0.2, 0) is 4.79 Å². The molecule has 2 aliphatic rings. The molecule has 0 aromatic heterocycles. The predicted molar refractivity (Wildman–Crippen MR) is 74.9 cm³/mol. The van der Waals surface area contributed by atoms with Crippen molar-refractivity contribution < 1.29 is 9.18 Å². The van der Waals surface area contributed by atoms with Crippen LogP contribution >= 0.6 is 0 Å². The minimum atomic E-state index is -0.403. The second kappa shape index (κ2) is 4.48. The van der Waals surface area contributed by atoms with Crippen molar-refractivity contribution in [3.63, 3.8) is 0 Å². The van der Waals surface area contributed by atoms with E-state index >= 15 is 0 Å². The quantitative estimate of drug-likeness (QED) is 0.735. The number of fused-ring (bicyclic) bond motifs is 1. The monoisotopic (exact) mass is 270 g/mol. The number of hydrogen-bond donors (Lipinski definition) is 0. The van der Waals surface area contributed by atoms with E-state index in [1.807, 2.05) is 13.8 Å². The molecule has 1 aromatic rings. The molecule has 6 heteroatoms. The number of amides is 1. The maximum absolute atomic E-state index is 12.9. The standard InChI is InChI=1S/C14H11FN4O/c1-8-9(2)18-19-12(13(20)17-14(19)16-8)7-10-3-5-11(15)6-4-10/h3-7H,1-2H3. The Bertz CT molecular complexity index is 713. The van der Waals surface area contributed by atoms with Gasteiger partial charge in [-0.15, -0.1) is 0 Å². The van der Waals surface area contributed by atoms with Crippen LogP contribution in [0.3, 0.4) is 0 Å². The molecular formula is C14H11FN4O. The Kier molecular flexibility index (Phi) is 2.78. The van der Waals surface area contributed by atoms with Gasteiger partial charge in [-0.05, 0) is 37.6 Å². The van der Waals surface area contributed by atoms with E-state index in [4.69, 9.17) is 0 Å². The van der Waals surface area contributed by atoms with Crippen molar-refractivity contribution in [3.8, 4) is 0 Å². The zero-order valence-electron chi connectivity index (χ0n) is 11.0. The van der Waals surface area contributed by atoms with Gasteiger partial charge in [0.2, 0.25) is 0 Å². The first-order valence-corrected chi connectivity index (χ1v) is 6.06. The fourth-order valence-corrected chi connectivity index (χ4v) is 1.86. The molecule has 1 amide bonds. The number of hydrogen-bond acceptors (Lipinski definition) is 4. The van der Waals surface area contributed by atoms with Crippen molar-refractivity contribution in [2.45, 2.75) is 13.8 Å². The number of carbonyl (C=O) groups excluding carboxylic acids is 1. The summed E-state index contributed by atoms with van der Waals surface area (Å²) in [4.78, 5) is 20.0. The SMILES string of the molecule is CC1=NC2=NC(=O)C(=Cc3ccc(F)cc3)N2N=C1C. The van der Waals surface area contributed by atoms with E-state index in [0.29, 0.717) is 11.3 Å². The number of benzene rings is 1. The number of hydrazone groups is 1. The Morgan fingerprint density at radius 3 is 2.50 bits per heavy atom. The van der Waals surface area contributed by atoms with Crippen molar-refractivity contribution in [1.82, 2.24) is 5.01 Å². The maximum Gasteiger partial charge on any atom is 0.299 e. The average molecular weight is 270 g/mol. The fourth-order valence-electron chi connectivity index (χ4n) is 1.86. The number of rotatable bonds is 1. The smallest absolute Gasteiger partial charge is 0.265 e. The molecule has 0 saturated carbocycles. The van der Waals surface area contributed by atoms with Crippen LogP contribution in [0.4, 0.5) is 4.39 Å². The Morgan fingerprint density at radius 1 is 1.10 bits per heavy atom. The first-order chi connectivity index (χ1) is 9.54. The lowest BCUT2D eigenvalue weighted by molar-refractivity contribution is -0.114. The normalized spacial score (nSPS) is 19.8. The van der Waals surface area contributed by atoms with Gasteiger partial charge in [0.15, 0.2) is 0 Å². The fraction of sp³-hybridized carbons (Fsp3) is 0.143. The molecule has 2 heterocycles. The topological polar surface area (TPSA) is 57.4 Å².